The first-order chi connectivity index (χ1) is 12.0. The largest absolute Gasteiger partial charge is 0.487 e. The lowest BCUT2D eigenvalue weighted by atomic mass is 10.0. The fraction of sp³-hybridized carbons (Fsp3) is 0.389. The summed E-state index contributed by atoms with van der Waals surface area (Å²) in [7, 11) is 1.32. The molecule has 7 heteroatoms. The van der Waals surface area contributed by atoms with E-state index >= 15 is 0 Å². The van der Waals surface area contributed by atoms with E-state index in [4.69, 9.17) is 9.47 Å². The molecule has 1 N–H and O–H groups in total. The molecule has 134 valence electrons. The van der Waals surface area contributed by atoms with Crippen LogP contribution in [0.3, 0.4) is 0 Å². The highest BCUT2D eigenvalue weighted by Gasteiger charge is 2.23. The first-order valence-electron chi connectivity index (χ1n) is 7.98. The molecule has 25 heavy (non-hydrogen) atoms. The Bertz CT molecular complexity index is 684. The first-order valence-corrected chi connectivity index (χ1v) is 8.92. The van der Waals surface area contributed by atoms with Crippen molar-refractivity contribution in [1.82, 2.24) is 10.3 Å². The van der Waals surface area contributed by atoms with Crippen molar-refractivity contribution in [3.63, 3.8) is 0 Å². The number of benzene rings is 1. The van der Waals surface area contributed by atoms with Crippen LogP contribution in [-0.2, 0) is 16.1 Å². The van der Waals surface area contributed by atoms with Crippen molar-refractivity contribution >= 4 is 23.2 Å². The van der Waals surface area contributed by atoms with Crippen LogP contribution in [0.2, 0.25) is 0 Å². The van der Waals surface area contributed by atoms with E-state index in [9.17, 15) is 9.59 Å². The zero-order valence-electron chi connectivity index (χ0n) is 14.5. The summed E-state index contributed by atoms with van der Waals surface area (Å²) in [6.45, 7) is 4.35. The molecular formula is C18H22N2O4S. The molecule has 0 unspecified atom stereocenters. The molecule has 1 aromatic heterocycles. The second-order valence-corrected chi connectivity index (χ2v) is 6.69. The van der Waals surface area contributed by atoms with Gasteiger partial charge >= 0.3 is 5.97 Å². The maximum absolute atomic E-state index is 12.3. The van der Waals surface area contributed by atoms with Crippen molar-refractivity contribution in [3.05, 3.63) is 46.4 Å². The molecule has 1 heterocycles. The van der Waals surface area contributed by atoms with E-state index in [0.717, 1.165) is 5.69 Å². The third kappa shape index (κ3) is 5.86. The van der Waals surface area contributed by atoms with Crippen molar-refractivity contribution in [2.75, 3.05) is 7.11 Å². The fourth-order valence-electron chi connectivity index (χ4n) is 2.24. The number of esters is 1. The van der Waals surface area contributed by atoms with Gasteiger partial charge in [0.15, 0.2) is 0 Å². The summed E-state index contributed by atoms with van der Waals surface area (Å²) < 4.78 is 10.4. The van der Waals surface area contributed by atoms with Gasteiger partial charge in [0.05, 0.1) is 18.3 Å². The van der Waals surface area contributed by atoms with Crippen LogP contribution in [-0.4, -0.2) is 30.0 Å². The lowest BCUT2D eigenvalue weighted by molar-refractivity contribution is -0.143. The minimum absolute atomic E-state index is 0.255. The van der Waals surface area contributed by atoms with Gasteiger partial charge in [-0.15, -0.1) is 11.3 Å². The summed E-state index contributed by atoms with van der Waals surface area (Å²) in [5.74, 6) is 0.148. The summed E-state index contributed by atoms with van der Waals surface area (Å²) in [6, 6.07) is 6.11. The Labute approximate surface area is 151 Å². The Morgan fingerprint density at radius 2 is 1.96 bits per heavy atom. The molecule has 0 fully saturated rings. The minimum Gasteiger partial charge on any atom is -0.487 e. The van der Waals surface area contributed by atoms with Crippen LogP contribution in [0.4, 0.5) is 0 Å². The van der Waals surface area contributed by atoms with Crippen LogP contribution in [0, 0.1) is 5.92 Å². The van der Waals surface area contributed by atoms with Gasteiger partial charge in [0.1, 0.15) is 18.4 Å². The highest BCUT2D eigenvalue weighted by atomic mass is 32.1. The van der Waals surface area contributed by atoms with Gasteiger partial charge in [0.2, 0.25) is 0 Å². The quantitative estimate of drug-likeness (QED) is 0.730. The van der Waals surface area contributed by atoms with E-state index in [2.05, 4.69) is 10.3 Å². The Morgan fingerprint density at radius 3 is 2.52 bits per heavy atom. The number of nitrogens with one attached hydrogen (secondary N) is 1. The van der Waals surface area contributed by atoms with Crippen molar-refractivity contribution in [2.24, 2.45) is 5.92 Å². The number of hydrogen-bond donors (Lipinski definition) is 1. The zero-order chi connectivity index (χ0) is 18.2. The number of rotatable bonds is 8. The Balaban J connectivity index is 1.95. The first kappa shape index (κ1) is 18.9. The molecule has 0 bridgehead atoms. The fourth-order valence-corrected chi connectivity index (χ4v) is 2.78. The number of carbonyl (C=O) groups is 2. The summed E-state index contributed by atoms with van der Waals surface area (Å²) >= 11 is 1.51. The average Bonchev–Trinajstić information content (AvgIpc) is 3.12. The van der Waals surface area contributed by atoms with Crippen LogP contribution < -0.4 is 10.1 Å². The molecule has 1 atom stereocenters. The normalized spacial score (nSPS) is 11.8. The van der Waals surface area contributed by atoms with Gasteiger partial charge in [-0.2, -0.15) is 0 Å². The highest BCUT2D eigenvalue weighted by molar-refractivity contribution is 7.07. The number of thiazole rings is 1. The van der Waals surface area contributed by atoms with E-state index in [-0.39, 0.29) is 11.8 Å². The number of ether oxygens (including phenoxy) is 2. The van der Waals surface area contributed by atoms with Gasteiger partial charge in [-0.1, -0.05) is 13.8 Å². The molecule has 2 aromatic rings. The second-order valence-electron chi connectivity index (χ2n) is 5.97. The molecule has 2 rings (SSSR count). The standard InChI is InChI=1S/C18H22N2O4S/c1-12(2)8-16(18(22)23-3)20-17(21)13-4-6-15(7-5-13)24-9-14-10-25-11-19-14/h4-7,10-12,16H,8-9H2,1-3H3,(H,20,21)/t16-/m1/s1. The summed E-state index contributed by atoms with van der Waals surface area (Å²) in [5.41, 5.74) is 3.07. The molecule has 0 saturated carbocycles. The average molecular weight is 362 g/mol. The van der Waals surface area contributed by atoms with Crippen LogP contribution >= 0.6 is 11.3 Å². The molecule has 0 spiro atoms. The lowest BCUT2D eigenvalue weighted by Gasteiger charge is -2.18. The predicted octanol–water partition coefficient (Wildman–Crippen LogP) is 3.04. The van der Waals surface area contributed by atoms with Gasteiger partial charge < -0.3 is 14.8 Å². The van der Waals surface area contributed by atoms with Crippen LogP contribution in [0.1, 0.15) is 36.3 Å². The molecule has 0 aliphatic rings. The van der Waals surface area contributed by atoms with Crippen LogP contribution in [0.5, 0.6) is 5.75 Å². The van der Waals surface area contributed by atoms with Gasteiger partial charge in [-0.05, 0) is 36.6 Å². The molecule has 0 saturated heterocycles. The van der Waals surface area contributed by atoms with E-state index in [1.807, 2.05) is 19.2 Å². The molecule has 0 radical (unpaired) electrons. The van der Waals surface area contributed by atoms with E-state index in [1.54, 1.807) is 29.8 Å². The zero-order valence-corrected chi connectivity index (χ0v) is 15.3. The maximum Gasteiger partial charge on any atom is 0.328 e. The Hall–Kier alpha value is -2.41. The van der Waals surface area contributed by atoms with Gasteiger partial charge in [-0.25, -0.2) is 9.78 Å². The smallest absolute Gasteiger partial charge is 0.328 e. The van der Waals surface area contributed by atoms with Crippen LogP contribution in [0.25, 0.3) is 0 Å². The van der Waals surface area contributed by atoms with Crippen molar-refractivity contribution in [3.8, 4) is 5.75 Å². The van der Waals surface area contributed by atoms with E-state index < -0.39 is 12.0 Å². The predicted molar refractivity (Wildman–Crippen MR) is 95.6 cm³/mol. The minimum atomic E-state index is -0.655. The van der Waals surface area contributed by atoms with Crippen molar-refractivity contribution < 1.29 is 19.1 Å². The van der Waals surface area contributed by atoms with Crippen molar-refractivity contribution in [2.45, 2.75) is 32.9 Å². The Morgan fingerprint density at radius 1 is 1.24 bits per heavy atom. The molecule has 0 aliphatic heterocycles. The summed E-state index contributed by atoms with van der Waals surface area (Å²) in [5, 5.41) is 4.65. The number of carbonyl (C=O) groups excluding carboxylic acids is 2. The number of hydrogen-bond acceptors (Lipinski definition) is 6. The highest BCUT2D eigenvalue weighted by Crippen LogP contribution is 2.15. The number of methoxy groups -OCH3 is 1. The molecule has 1 amide bonds. The topological polar surface area (TPSA) is 77.5 Å². The number of nitrogens with zero attached hydrogens (tertiary/aromatic N) is 1. The monoisotopic (exact) mass is 362 g/mol. The van der Waals surface area contributed by atoms with Gasteiger partial charge in [0.25, 0.3) is 5.91 Å². The van der Waals surface area contributed by atoms with Gasteiger partial charge in [-0.3, -0.25) is 4.79 Å². The second kappa shape index (κ2) is 9.17. The third-order valence-electron chi connectivity index (χ3n) is 3.48. The number of aromatic nitrogens is 1. The van der Waals surface area contributed by atoms with Gasteiger partial charge in [0, 0.05) is 10.9 Å². The van der Waals surface area contributed by atoms with E-state index in [0.29, 0.717) is 24.3 Å². The maximum atomic E-state index is 12.3. The SMILES string of the molecule is COC(=O)[C@@H](CC(C)C)NC(=O)c1ccc(OCc2cscn2)cc1. The van der Waals surface area contributed by atoms with Crippen molar-refractivity contribution in [1.29, 1.82) is 0 Å². The lowest BCUT2D eigenvalue weighted by Crippen LogP contribution is -2.42. The van der Waals surface area contributed by atoms with E-state index in [1.165, 1.54) is 18.4 Å². The van der Waals surface area contributed by atoms with Crippen LogP contribution in [0.15, 0.2) is 35.2 Å². The number of amides is 1. The molecule has 6 nitrogen and oxygen atoms in total. The molecular weight excluding hydrogens is 340 g/mol. The third-order valence-corrected chi connectivity index (χ3v) is 4.12. The molecule has 0 aliphatic carbocycles. The Kier molecular flexibility index (Phi) is 6.94. The summed E-state index contributed by atoms with van der Waals surface area (Å²) in [4.78, 5) is 28.3. The summed E-state index contributed by atoms with van der Waals surface area (Å²) in [6.07, 6.45) is 0.521. The molecule has 1 aromatic carbocycles.